The van der Waals surface area contributed by atoms with Crippen LogP contribution in [0, 0.1) is 5.41 Å². The molecule has 1 saturated carbocycles. The summed E-state index contributed by atoms with van der Waals surface area (Å²) in [4.78, 5) is 0. The average molecular weight is 197 g/mol. The summed E-state index contributed by atoms with van der Waals surface area (Å²) in [6.07, 6.45) is 8.10. The van der Waals surface area contributed by atoms with Gasteiger partial charge in [0.15, 0.2) is 0 Å². The van der Waals surface area contributed by atoms with Crippen LogP contribution in [0.4, 0.5) is 0 Å². The maximum atomic E-state index is 5.41. The van der Waals surface area contributed by atoms with E-state index in [2.05, 4.69) is 12.2 Å². The molecule has 14 heavy (non-hydrogen) atoms. The van der Waals surface area contributed by atoms with Gasteiger partial charge in [-0.2, -0.15) is 0 Å². The Kier molecular flexibility index (Phi) is 3.45. The van der Waals surface area contributed by atoms with Gasteiger partial charge in [0.1, 0.15) is 0 Å². The zero-order valence-electron chi connectivity index (χ0n) is 9.35. The predicted octanol–water partition coefficient (Wildman–Crippen LogP) is 2.34. The molecule has 1 N–H and O–H groups in total. The average Bonchev–Trinajstić information content (AvgIpc) is 2.69. The molecule has 2 rings (SSSR count). The Morgan fingerprint density at radius 1 is 1.21 bits per heavy atom. The van der Waals surface area contributed by atoms with E-state index >= 15 is 0 Å². The van der Waals surface area contributed by atoms with Crippen LogP contribution in [0.2, 0.25) is 0 Å². The lowest BCUT2D eigenvalue weighted by molar-refractivity contribution is 0.0229. The molecule has 1 aliphatic carbocycles. The van der Waals surface area contributed by atoms with Gasteiger partial charge in [-0.15, -0.1) is 0 Å². The molecule has 0 aromatic carbocycles. The van der Waals surface area contributed by atoms with Crippen LogP contribution in [0.3, 0.4) is 0 Å². The summed E-state index contributed by atoms with van der Waals surface area (Å²) in [5.74, 6) is 0. The number of nitrogens with one attached hydrogen (secondary N) is 1. The molecule has 0 bridgehead atoms. The van der Waals surface area contributed by atoms with Gasteiger partial charge < -0.3 is 10.1 Å². The Labute approximate surface area is 87.4 Å². The maximum Gasteiger partial charge on any atom is 0.0471 e. The summed E-state index contributed by atoms with van der Waals surface area (Å²) < 4.78 is 5.41. The smallest absolute Gasteiger partial charge is 0.0471 e. The number of hydrogen-bond acceptors (Lipinski definition) is 2. The van der Waals surface area contributed by atoms with Crippen molar-refractivity contribution in [3.63, 3.8) is 0 Å². The maximum absolute atomic E-state index is 5.41. The van der Waals surface area contributed by atoms with E-state index in [0.717, 1.165) is 19.3 Å². The molecule has 0 unspecified atom stereocenters. The fourth-order valence-electron chi connectivity index (χ4n) is 2.56. The van der Waals surface area contributed by atoms with E-state index in [0.29, 0.717) is 5.41 Å². The van der Waals surface area contributed by atoms with Crippen molar-refractivity contribution in [3.8, 4) is 0 Å². The van der Waals surface area contributed by atoms with Crippen LogP contribution in [0.15, 0.2) is 0 Å². The van der Waals surface area contributed by atoms with E-state index in [4.69, 9.17) is 4.74 Å². The first kappa shape index (κ1) is 10.4. The van der Waals surface area contributed by atoms with Crippen molar-refractivity contribution in [3.05, 3.63) is 0 Å². The predicted molar refractivity (Wildman–Crippen MR) is 58.4 cm³/mol. The van der Waals surface area contributed by atoms with Crippen LogP contribution in [-0.2, 0) is 4.74 Å². The molecule has 1 aliphatic heterocycles. The standard InChI is InChI=1S/C12H23NO/c1-12(6-8-14-9-7-12)10-13-11-4-2-3-5-11/h11,13H,2-10H2,1H3. The van der Waals surface area contributed by atoms with Crippen molar-refractivity contribution in [1.82, 2.24) is 5.32 Å². The second kappa shape index (κ2) is 4.63. The fraction of sp³-hybridized carbons (Fsp3) is 1.00. The van der Waals surface area contributed by atoms with E-state index in [-0.39, 0.29) is 0 Å². The highest BCUT2D eigenvalue weighted by Gasteiger charge is 2.28. The second-order valence-corrected chi connectivity index (χ2v) is 5.29. The number of hydrogen-bond donors (Lipinski definition) is 1. The van der Waals surface area contributed by atoms with Crippen LogP contribution in [0.1, 0.15) is 45.4 Å². The Balaban J connectivity index is 1.72. The van der Waals surface area contributed by atoms with Gasteiger partial charge >= 0.3 is 0 Å². The van der Waals surface area contributed by atoms with E-state index < -0.39 is 0 Å². The van der Waals surface area contributed by atoms with Crippen LogP contribution in [0.25, 0.3) is 0 Å². The third-order valence-electron chi connectivity index (χ3n) is 3.87. The molecule has 0 atom stereocenters. The summed E-state index contributed by atoms with van der Waals surface area (Å²) in [7, 11) is 0. The molecule has 0 amide bonds. The molecule has 1 heterocycles. The van der Waals surface area contributed by atoms with E-state index in [1.54, 1.807) is 0 Å². The lowest BCUT2D eigenvalue weighted by Gasteiger charge is -2.34. The van der Waals surface area contributed by atoms with Crippen molar-refractivity contribution >= 4 is 0 Å². The minimum Gasteiger partial charge on any atom is -0.381 e. The van der Waals surface area contributed by atoms with Gasteiger partial charge in [-0.1, -0.05) is 19.8 Å². The first-order valence-corrected chi connectivity index (χ1v) is 6.10. The minimum absolute atomic E-state index is 0.501. The lowest BCUT2D eigenvalue weighted by Crippen LogP contribution is -2.40. The Morgan fingerprint density at radius 3 is 2.50 bits per heavy atom. The largest absolute Gasteiger partial charge is 0.381 e. The summed E-state index contributed by atoms with van der Waals surface area (Å²) >= 11 is 0. The molecule has 0 aromatic heterocycles. The molecular formula is C12H23NO. The third kappa shape index (κ3) is 2.71. The molecular weight excluding hydrogens is 174 g/mol. The molecule has 0 radical (unpaired) electrons. The first-order chi connectivity index (χ1) is 6.79. The Bertz CT molecular complexity index is 169. The summed E-state index contributed by atoms with van der Waals surface area (Å²) in [5, 5.41) is 3.74. The Hall–Kier alpha value is -0.0800. The van der Waals surface area contributed by atoms with E-state index in [1.807, 2.05) is 0 Å². The van der Waals surface area contributed by atoms with Crippen LogP contribution in [-0.4, -0.2) is 25.8 Å². The van der Waals surface area contributed by atoms with Crippen LogP contribution < -0.4 is 5.32 Å². The zero-order chi connectivity index (χ0) is 9.86. The highest BCUT2D eigenvalue weighted by molar-refractivity contribution is 4.83. The van der Waals surface area contributed by atoms with Crippen molar-refractivity contribution in [2.24, 2.45) is 5.41 Å². The van der Waals surface area contributed by atoms with Gasteiger partial charge in [0.2, 0.25) is 0 Å². The molecule has 82 valence electrons. The fourth-order valence-corrected chi connectivity index (χ4v) is 2.56. The second-order valence-electron chi connectivity index (χ2n) is 5.29. The number of ether oxygens (including phenoxy) is 1. The Morgan fingerprint density at radius 2 is 1.86 bits per heavy atom. The molecule has 2 nitrogen and oxygen atoms in total. The highest BCUT2D eigenvalue weighted by atomic mass is 16.5. The lowest BCUT2D eigenvalue weighted by atomic mass is 9.82. The minimum atomic E-state index is 0.501. The van der Waals surface area contributed by atoms with Crippen LogP contribution in [0.5, 0.6) is 0 Å². The van der Waals surface area contributed by atoms with Gasteiger partial charge in [-0.05, 0) is 31.1 Å². The molecule has 2 fully saturated rings. The molecule has 0 spiro atoms. The highest BCUT2D eigenvalue weighted by Crippen LogP contribution is 2.29. The van der Waals surface area contributed by atoms with Gasteiger partial charge in [-0.25, -0.2) is 0 Å². The summed E-state index contributed by atoms with van der Waals surface area (Å²) in [6.45, 7) is 5.52. The molecule has 1 saturated heterocycles. The summed E-state index contributed by atoms with van der Waals surface area (Å²) in [6, 6.07) is 0.815. The van der Waals surface area contributed by atoms with Gasteiger partial charge in [0.05, 0.1) is 0 Å². The normalized spacial score (nSPS) is 28.1. The van der Waals surface area contributed by atoms with E-state index in [1.165, 1.54) is 45.1 Å². The monoisotopic (exact) mass is 197 g/mol. The van der Waals surface area contributed by atoms with Gasteiger partial charge in [0, 0.05) is 25.8 Å². The van der Waals surface area contributed by atoms with Crippen molar-refractivity contribution in [2.45, 2.75) is 51.5 Å². The van der Waals surface area contributed by atoms with Gasteiger partial charge in [-0.3, -0.25) is 0 Å². The topological polar surface area (TPSA) is 21.3 Å². The van der Waals surface area contributed by atoms with Gasteiger partial charge in [0.25, 0.3) is 0 Å². The molecule has 2 aliphatic rings. The third-order valence-corrected chi connectivity index (χ3v) is 3.87. The van der Waals surface area contributed by atoms with Crippen molar-refractivity contribution in [1.29, 1.82) is 0 Å². The SMILES string of the molecule is CC1(CNC2CCCC2)CCOCC1. The quantitative estimate of drug-likeness (QED) is 0.750. The molecule has 0 aromatic rings. The molecule has 2 heteroatoms. The van der Waals surface area contributed by atoms with Crippen molar-refractivity contribution in [2.75, 3.05) is 19.8 Å². The summed E-state index contributed by atoms with van der Waals surface area (Å²) in [5.41, 5.74) is 0.501. The van der Waals surface area contributed by atoms with E-state index in [9.17, 15) is 0 Å². The van der Waals surface area contributed by atoms with Crippen molar-refractivity contribution < 1.29 is 4.74 Å². The van der Waals surface area contributed by atoms with Crippen LogP contribution >= 0.6 is 0 Å². The first-order valence-electron chi connectivity index (χ1n) is 6.10. The number of rotatable bonds is 3. The zero-order valence-corrected chi connectivity index (χ0v) is 9.35.